The minimum Gasteiger partial charge on any atom is -0.396 e. The van der Waals surface area contributed by atoms with Gasteiger partial charge in [-0.05, 0) is 0 Å². The van der Waals surface area contributed by atoms with Gasteiger partial charge in [-0.3, -0.25) is 0 Å². The Morgan fingerprint density at radius 2 is 2.05 bits per heavy atom. The van der Waals surface area contributed by atoms with E-state index in [0.717, 1.165) is 0 Å². The summed E-state index contributed by atoms with van der Waals surface area (Å²) < 4.78 is 15.4. The van der Waals surface area contributed by atoms with E-state index < -0.39 is 17.5 Å². The molecule has 19 heavy (non-hydrogen) atoms. The Morgan fingerprint density at radius 1 is 1.32 bits per heavy atom. The van der Waals surface area contributed by atoms with Crippen LogP contribution in [0.4, 0.5) is 10.2 Å². The van der Waals surface area contributed by atoms with Crippen LogP contribution in [0.5, 0.6) is 0 Å². The van der Waals surface area contributed by atoms with Gasteiger partial charge >= 0.3 is 0 Å². The zero-order chi connectivity index (χ0) is 13.6. The molecule has 0 radical (unpaired) electrons. The van der Waals surface area contributed by atoms with E-state index in [1.165, 1.54) is 12.7 Å². The average Bonchev–Trinajstić information content (AvgIpc) is 2.78. The third-order valence-corrected chi connectivity index (χ3v) is 3.94. The summed E-state index contributed by atoms with van der Waals surface area (Å²) in [6.07, 6.45) is 1.61. The molecule has 0 amide bonds. The third-order valence-electron chi connectivity index (χ3n) is 3.94. The van der Waals surface area contributed by atoms with E-state index in [1.807, 2.05) is 0 Å². The molecular formula is C11H14FN5O2. The number of aromatic nitrogens is 4. The molecule has 2 aromatic heterocycles. The van der Waals surface area contributed by atoms with Gasteiger partial charge < -0.3 is 20.5 Å². The van der Waals surface area contributed by atoms with Crippen molar-refractivity contribution in [3.63, 3.8) is 0 Å². The van der Waals surface area contributed by atoms with Crippen molar-refractivity contribution in [1.82, 2.24) is 19.5 Å². The van der Waals surface area contributed by atoms with Crippen LogP contribution in [0, 0.1) is 11.3 Å². The first kappa shape index (κ1) is 12.2. The molecule has 3 rings (SSSR count). The van der Waals surface area contributed by atoms with E-state index >= 15 is 0 Å². The molecule has 1 fully saturated rings. The van der Waals surface area contributed by atoms with Crippen LogP contribution in [0.3, 0.4) is 0 Å². The van der Waals surface area contributed by atoms with Crippen LogP contribution in [0.25, 0.3) is 11.2 Å². The molecule has 0 bridgehead atoms. The van der Waals surface area contributed by atoms with Crippen LogP contribution in [0.15, 0.2) is 12.7 Å². The number of alkyl halides is 1. The van der Waals surface area contributed by atoms with E-state index in [1.54, 1.807) is 4.57 Å². The number of imidazole rings is 1. The predicted octanol–water partition coefficient (Wildman–Crippen LogP) is -0.653. The number of nitrogens with zero attached hydrogens (tertiary/aromatic N) is 4. The maximum absolute atomic E-state index is 13.8. The summed E-state index contributed by atoms with van der Waals surface area (Å²) in [6, 6.07) is 0. The number of halogens is 1. The van der Waals surface area contributed by atoms with Gasteiger partial charge in [-0.15, -0.1) is 0 Å². The highest BCUT2D eigenvalue weighted by atomic mass is 19.1. The Labute approximate surface area is 107 Å². The highest BCUT2D eigenvalue weighted by molar-refractivity contribution is 5.81. The second-order valence-corrected chi connectivity index (χ2v) is 4.89. The SMILES string of the molecule is Nc1ncnc2c1ncn2CC1[C@@H](F)C1(CO)CO. The molecule has 4 N–H and O–H groups in total. The summed E-state index contributed by atoms with van der Waals surface area (Å²) in [5.41, 5.74) is 5.62. The highest BCUT2D eigenvalue weighted by Gasteiger charge is 2.65. The number of hydrogen-bond acceptors (Lipinski definition) is 6. The molecule has 0 spiro atoms. The van der Waals surface area contributed by atoms with E-state index in [0.29, 0.717) is 11.2 Å². The Morgan fingerprint density at radius 3 is 2.68 bits per heavy atom. The van der Waals surface area contributed by atoms with Gasteiger partial charge in [0.15, 0.2) is 11.5 Å². The molecule has 1 aliphatic carbocycles. The summed E-state index contributed by atoms with van der Waals surface area (Å²) >= 11 is 0. The number of aliphatic hydroxyl groups is 2. The first-order valence-electron chi connectivity index (χ1n) is 5.91. The quantitative estimate of drug-likeness (QED) is 0.679. The number of hydrogen-bond donors (Lipinski definition) is 3. The minimum atomic E-state index is -1.22. The first-order valence-corrected chi connectivity index (χ1v) is 5.91. The molecule has 0 aliphatic heterocycles. The Balaban J connectivity index is 1.90. The van der Waals surface area contributed by atoms with Crippen LogP contribution in [-0.4, -0.2) is 49.1 Å². The Hall–Kier alpha value is -1.80. The lowest BCUT2D eigenvalue weighted by Gasteiger charge is -2.09. The lowest BCUT2D eigenvalue weighted by molar-refractivity contribution is 0.105. The molecule has 2 heterocycles. The fourth-order valence-corrected chi connectivity index (χ4v) is 2.50. The topological polar surface area (TPSA) is 110 Å². The maximum atomic E-state index is 13.8. The van der Waals surface area contributed by atoms with Crippen molar-refractivity contribution in [2.24, 2.45) is 11.3 Å². The number of aliphatic hydroxyl groups excluding tert-OH is 2. The number of anilines is 1. The summed E-state index contributed by atoms with van der Waals surface area (Å²) in [4.78, 5) is 12.0. The van der Waals surface area contributed by atoms with Crippen LogP contribution < -0.4 is 5.73 Å². The van der Waals surface area contributed by atoms with E-state index in [-0.39, 0.29) is 25.6 Å². The van der Waals surface area contributed by atoms with Crippen molar-refractivity contribution < 1.29 is 14.6 Å². The van der Waals surface area contributed by atoms with Crippen molar-refractivity contribution in [2.75, 3.05) is 18.9 Å². The largest absolute Gasteiger partial charge is 0.396 e. The number of rotatable bonds is 4. The average molecular weight is 267 g/mol. The highest BCUT2D eigenvalue weighted by Crippen LogP contribution is 2.55. The third kappa shape index (κ3) is 1.60. The molecule has 1 aliphatic rings. The Kier molecular flexibility index (Phi) is 2.64. The van der Waals surface area contributed by atoms with Crippen LogP contribution in [0.1, 0.15) is 0 Å². The van der Waals surface area contributed by atoms with Gasteiger partial charge in [0.2, 0.25) is 0 Å². The fraction of sp³-hybridized carbons (Fsp3) is 0.545. The van der Waals surface area contributed by atoms with Gasteiger partial charge in [-0.2, -0.15) is 0 Å². The van der Waals surface area contributed by atoms with Crippen LogP contribution >= 0.6 is 0 Å². The molecule has 2 aromatic rings. The van der Waals surface area contributed by atoms with E-state index in [9.17, 15) is 14.6 Å². The summed E-state index contributed by atoms with van der Waals surface area (Å²) in [7, 11) is 0. The second-order valence-electron chi connectivity index (χ2n) is 4.89. The second kappa shape index (κ2) is 4.10. The summed E-state index contributed by atoms with van der Waals surface area (Å²) in [6.45, 7) is -0.465. The smallest absolute Gasteiger partial charge is 0.165 e. The van der Waals surface area contributed by atoms with Crippen molar-refractivity contribution in [2.45, 2.75) is 12.7 Å². The number of nitrogen functional groups attached to an aromatic ring is 1. The van der Waals surface area contributed by atoms with Gasteiger partial charge in [0, 0.05) is 12.5 Å². The monoisotopic (exact) mass is 267 g/mol. The van der Waals surface area contributed by atoms with Crippen molar-refractivity contribution >= 4 is 17.0 Å². The molecule has 2 atom stereocenters. The zero-order valence-corrected chi connectivity index (χ0v) is 10.1. The minimum absolute atomic E-state index is 0.270. The van der Waals surface area contributed by atoms with Crippen LogP contribution in [-0.2, 0) is 6.54 Å². The molecule has 7 nitrogen and oxygen atoms in total. The fourth-order valence-electron chi connectivity index (χ4n) is 2.50. The molecule has 1 saturated carbocycles. The lowest BCUT2D eigenvalue weighted by Crippen LogP contribution is -2.18. The molecule has 1 unspecified atom stereocenters. The van der Waals surface area contributed by atoms with Gasteiger partial charge in [0.05, 0.1) is 25.0 Å². The number of fused-ring (bicyclic) bond motifs is 1. The van der Waals surface area contributed by atoms with E-state index in [2.05, 4.69) is 15.0 Å². The standard InChI is InChI=1S/C11H14FN5O2/c12-8-6(11(8,2-18)3-19)1-17-5-16-7-9(13)14-4-15-10(7)17/h4-6,8,18-19H,1-3H2,(H2,13,14,15)/t6?,8-/m1/s1. The van der Waals surface area contributed by atoms with Crippen molar-refractivity contribution in [1.29, 1.82) is 0 Å². The first-order chi connectivity index (χ1) is 9.14. The van der Waals surface area contributed by atoms with Crippen molar-refractivity contribution in [3.8, 4) is 0 Å². The molecule has 0 aromatic carbocycles. The summed E-state index contributed by atoms with van der Waals surface area (Å²) in [5.74, 6) is -0.178. The predicted molar refractivity (Wildman–Crippen MR) is 64.7 cm³/mol. The number of nitrogens with two attached hydrogens (primary N) is 1. The van der Waals surface area contributed by atoms with E-state index in [4.69, 9.17) is 5.73 Å². The maximum Gasteiger partial charge on any atom is 0.165 e. The van der Waals surface area contributed by atoms with Gasteiger partial charge in [0.1, 0.15) is 18.0 Å². The van der Waals surface area contributed by atoms with Gasteiger partial charge in [-0.25, -0.2) is 19.3 Å². The van der Waals surface area contributed by atoms with Crippen LogP contribution in [0.2, 0.25) is 0 Å². The molecule has 102 valence electrons. The van der Waals surface area contributed by atoms with Crippen molar-refractivity contribution in [3.05, 3.63) is 12.7 Å². The van der Waals surface area contributed by atoms with Gasteiger partial charge in [-0.1, -0.05) is 0 Å². The Bertz CT molecular complexity index is 612. The summed E-state index contributed by atoms with van der Waals surface area (Å²) in [5, 5.41) is 18.4. The molecule has 0 saturated heterocycles. The molecule has 8 heteroatoms. The van der Waals surface area contributed by atoms with Gasteiger partial charge in [0.25, 0.3) is 0 Å². The lowest BCUT2D eigenvalue weighted by atomic mass is 10.1. The molecular weight excluding hydrogens is 253 g/mol. The normalized spacial score (nSPS) is 24.8. The zero-order valence-electron chi connectivity index (χ0n) is 10.1.